The molecule has 1 rings (SSSR count). The molecule has 0 aromatic carbocycles. The van der Waals surface area contributed by atoms with Crippen molar-refractivity contribution in [2.75, 3.05) is 7.11 Å². The molecule has 66 valence electrons. The van der Waals surface area contributed by atoms with Gasteiger partial charge in [0.15, 0.2) is 5.41 Å². The smallest absolute Gasteiger partial charge is 0.326 e. The second kappa shape index (κ2) is 2.78. The highest BCUT2D eigenvalue weighted by molar-refractivity contribution is 5.84. The number of hydrogen-bond acceptors (Lipinski definition) is 3. The number of nitrogens with zero attached hydrogens (tertiary/aromatic N) is 1. The fourth-order valence-electron chi connectivity index (χ4n) is 1.68. The quantitative estimate of drug-likeness (QED) is 0.583. The van der Waals surface area contributed by atoms with E-state index in [1.165, 1.54) is 7.11 Å². The Morgan fingerprint density at radius 3 is 2.58 bits per heavy atom. The molecule has 0 spiro atoms. The van der Waals surface area contributed by atoms with E-state index in [2.05, 4.69) is 10.8 Å². The average molecular weight is 167 g/mol. The Morgan fingerprint density at radius 2 is 2.33 bits per heavy atom. The van der Waals surface area contributed by atoms with E-state index in [1.54, 1.807) is 0 Å². The van der Waals surface area contributed by atoms with Crippen molar-refractivity contribution < 1.29 is 9.53 Å². The Bertz CT molecular complexity index is 241. The molecule has 0 heterocycles. The molecule has 0 aromatic rings. The summed E-state index contributed by atoms with van der Waals surface area (Å²) < 4.78 is 4.59. The van der Waals surface area contributed by atoms with Gasteiger partial charge in [-0.1, -0.05) is 13.8 Å². The van der Waals surface area contributed by atoms with E-state index < -0.39 is 5.41 Å². The third-order valence-corrected chi connectivity index (χ3v) is 2.57. The van der Waals surface area contributed by atoms with E-state index in [-0.39, 0.29) is 11.9 Å². The first kappa shape index (κ1) is 9.05. The molecule has 2 unspecified atom stereocenters. The van der Waals surface area contributed by atoms with E-state index in [9.17, 15) is 4.79 Å². The van der Waals surface area contributed by atoms with Crippen LogP contribution in [0.4, 0.5) is 0 Å². The van der Waals surface area contributed by atoms with Crippen LogP contribution in [0.25, 0.3) is 0 Å². The third-order valence-electron chi connectivity index (χ3n) is 2.57. The van der Waals surface area contributed by atoms with Gasteiger partial charge in [-0.3, -0.25) is 4.79 Å². The van der Waals surface area contributed by atoms with E-state index in [1.807, 2.05) is 13.8 Å². The summed E-state index contributed by atoms with van der Waals surface area (Å²) >= 11 is 0. The van der Waals surface area contributed by atoms with Crippen LogP contribution in [0.5, 0.6) is 0 Å². The third kappa shape index (κ3) is 1.08. The van der Waals surface area contributed by atoms with Crippen LogP contribution < -0.4 is 0 Å². The van der Waals surface area contributed by atoms with E-state index in [0.717, 1.165) is 0 Å². The van der Waals surface area contributed by atoms with Gasteiger partial charge in [-0.05, 0) is 18.3 Å². The highest BCUT2D eigenvalue weighted by Gasteiger charge is 2.63. The van der Waals surface area contributed by atoms with Gasteiger partial charge in [0.25, 0.3) is 0 Å². The van der Waals surface area contributed by atoms with Gasteiger partial charge in [0.2, 0.25) is 0 Å². The van der Waals surface area contributed by atoms with Crippen LogP contribution in [0.2, 0.25) is 0 Å². The summed E-state index contributed by atoms with van der Waals surface area (Å²) in [4.78, 5) is 11.2. The topological polar surface area (TPSA) is 50.1 Å². The lowest BCUT2D eigenvalue weighted by Gasteiger charge is -2.07. The summed E-state index contributed by atoms with van der Waals surface area (Å²) in [5, 5.41) is 8.83. The molecule has 3 heteroatoms. The number of carbonyl (C=O) groups is 1. The Hall–Kier alpha value is -1.04. The molecule has 2 atom stereocenters. The molecule has 0 radical (unpaired) electrons. The van der Waals surface area contributed by atoms with Crippen LogP contribution in [0.15, 0.2) is 0 Å². The minimum Gasteiger partial charge on any atom is -0.468 e. The molecule has 1 aliphatic rings. The number of nitriles is 1. The maximum atomic E-state index is 11.2. The first-order valence-electron chi connectivity index (χ1n) is 4.08. The number of rotatable bonds is 2. The second-order valence-electron chi connectivity index (χ2n) is 3.63. The molecule has 0 aliphatic heterocycles. The predicted octanol–water partition coefficient (Wildman–Crippen LogP) is 1.35. The lowest BCUT2D eigenvalue weighted by atomic mass is 9.99. The Labute approximate surface area is 72.3 Å². The number of methoxy groups -OCH3 is 1. The van der Waals surface area contributed by atoms with Crippen molar-refractivity contribution in [1.82, 2.24) is 0 Å². The lowest BCUT2D eigenvalue weighted by molar-refractivity contribution is -0.145. The van der Waals surface area contributed by atoms with Crippen molar-refractivity contribution in [3.05, 3.63) is 0 Å². The zero-order valence-electron chi connectivity index (χ0n) is 7.63. The van der Waals surface area contributed by atoms with Gasteiger partial charge in [0.05, 0.1) is 13.2 Å². The first-order valence-corrected chi connectivity index (χ1v) is 4.08. The summed E-state index contributed by atoms with van der Waals surface area (Å²) in [6, 6.07) is 2.06. The lowest BCUT2D eigenvalue weighted by Crippen LogP contribution is -2.19. The standard InChI is InChI=1S/C9H13NO2/c1-6(2)7-4-9(7,5-10)8(11)12-3/h6-7H,4H2,1-3H3. The van der Waals surface area contributed by atoms with Gasteiger partial charge < -0.3 is 4.74 Å². The molecule has 0 amide bonds. The molecule has 0 N–H and O–H groups in total. The Balaban J connectivity index is 2.73. The van der Waals surface area contributed by atoms with Gasteiger partial charge >= 0.3 is 5.97 Å². The van der Waals surface area contributed by atoms with Gasteiger partial charge in [-0.15, -0.1) is 0 Å². The molecule has 0 bridgehead atoms. The summed E-state index contributed by atoms with van der Waals surface area (Å²) in [5.74, 6) is 0.197. The minimum absolute atomic E-state index is 0.190. The van der Waals surface area contributed by atoms with Gasteiger partial charge in [0.1, 0.15) is 0 Å². The molecule has 12 heavy (non-hydrogen) atoms. The SMILES string of the molecule is COC(=O)C1(C#N)CC1C(C)C. The van der Waals surface area contributed by atoms with E-state index in [4.69, 9.17) is 5.26 Å². The molecule has 1 fully saturated rings. The zero-order chi connectivity index (χ0) is 9.35. The molecule has 1 saturated carbocycles. The van der Waals surface area contributed by atoms with Gasteiger partial charge in [0, 0.05) is 0 Å². The fourth-order valence-corrected chi connectivity index (χ4v) is 1.68. The monoisotopic (exact) mass is 167 g/mol. The number of carbonyl (C=O) groups excluding carboxylic acids is 1. The van der Waals surface area contributed by atoms with Crippen LogP contribution in [0, 0.1) is 28.6 Å². The number of ether oxygens (including phenoxy) is 1. The predicted molar refractivity (Wildman–Crippen MR) is 43.0 cm³/mol. The van der Waals surface area contributed by atoms with Crippen molar-refractivity contribution >= 4 is 5.97 Å². The molecular formula is C9H13NO2. The summed E-state index contributed by atoms with van der Waals surface area (Å²) in [6.07, 6.45) is 0.661. The fraction of sp³-hybridized carbons (Fsp3) is 0.778. The van der Waals surface area contributed by atoms with Crippen LogP contribution in [-0.2, 0) is 9.53 Å². The number of esters is 1. The largest absolute Gasteiger partial charge is 0.468 e. The van der Waals surface area contributed by atoms with Gasteiger partial charge in [-0.2, -0.15) is 5.26 Å². The average Bonchev–Trinajstić information content (AvgIpc) is 2.79. The minimum atomic E-state index is -0.817. The van der Waals surface area contributed by atoms with Crippen LogP contribution in [0.3, 0.4) is 0 Å². The van der Waals surface area contributed by atoms with Gasteiger partial charge in [-0.25, -0.2) is 0 Å². The maximum Gasteiger partial charge on any atom is 0.326 e. The number of hydrogen-bond donors (Lipinski definition) is 0. The van der Waals surface area contributed by atoms with Crippen molar-refractivity contribution in [1.29, 1.82) is 5.26 Å². The molecular weight excluding hydrogens is 154 g/mol. The molecule has 3 nitrogen and oxygen atoms in total. The summed E-state index contributed by atoms with van der Waals surface area (Å²) in [7, 11) is 1.33. The van der Waals surface area contributed by atoms with Crippen molar-refractivity contribution in [2.24, 2.45) is 17.3 Å². The summed E-state index contributed by atoms with van der Waals surface area (Å²) in [6.45, 7) is 4.04. The van der Waals surface area contributed by atoms with Crippen LogP contribution >= 0.6 is 0 Å². The highest BCUT2D eigenvalue weighted by atomic mass is 16.5. The van der Waals surface area contributed by atoms with Crippen molar-refractivity contribution in [3.63, 3.8) is 0 Å². The Morgan fingerprint density at radius 1 is 1.75 bits per heavy atom. The molecule has 0 aromatic heterocycles. The first-order chi connectivity index (χ1) is 5.58. The van der Waals surface area contributed by atoms with Crippen molar-refractivity contribution in [3.8, 4) is 6.07 Å². The van der Waals surface area contributed by atoms with E-state index in [0.29, 0.717) is 12.3 Å². The van der Waals surface area contributed by atoms with Crippen LogP contribution in [-0.4, -0.2) is 13.1 Å². The zero-order valence-corrected chi connectivity index (χ0v) is 7.63. The van der Waals surface area contributed by atoms with Crippen LogP contribution in [0.1, 0.15) is 20.3 Å². The molecule has 0 saturated heterocycles. The summed E-state index contributed by atoms with van der Waals surface area (Å²) in [5.41, 5.74) is -0.817. The Kier molecular flexibility index (Phi) is 2.10. The second-order valence-corrected chi connectivity index (χ2v) is 3.63. The maximum absolute atomic E-state index is 11.2. The molecule has 1 aliphatic carbocycles. The van der Waals surface area contributed by atoms with Crippen molar-refractivity contribution in [2.45, 2.75) is 20.3 Å². The van der Waals surface area contributed by atoms with E-state index >= 15 is 0 Å². The normalized spacial score (nSPS) is 32.8. The highest BCUT2D eigenvalue weighted by Crippen LogP contribution is 2.56.